The Labute approximate surface area is 149 Å². The second-order valence-electron chi connectivity index (χ2n) is 5.35. The van der Waals surface area contributed by atoms with Crippen molar-refractivity contribution in [2.24, 2.45) is 0 Å². The predicted molar refractivity (Wildman–Crippen MR) is 95.6 cm³/mol. The molecule has 7 nitrogen and oxygen atoms in total. The van der Waals surface area contributed by atoms with Crippen molar-refractivity contribution < 1.29 is 23.5 Å². The number of halogens is 1. The minimum atomic E-state index is -0.569. The first-order chi connectivity index (χ1) is 12.4. The Hall–Kier alpha value is -3.42. The van der Waals surface area contributed by atoms with E-state index in [2.05, 4.69) is 20.7 Å². The average Bonchev–Trinajstić information content (AvgIpc) is 2.62. The molecule has 0 atom stereocenters. The van der Waals surface area contributed by atoms with Crippen LogP contribution >= 0.6 is 0 Å². The van der Waals surface area contributed by atoms with E-state index in [0.717, 1.165) is 0 Å². The molecule has 2 aromatic carbocycles. The first-order valence-corrected chi connectivity index (χ1v) is 7.68. The van der Waals surface area contributed by atoms with Gasteiger partial charge in [-0.1, -0.05) is 0 Å². The van der Waals surface area contributed by atoms with Crippen molar-refractivity contribution in [3.05, 3.63) is 53.8 Å². The zero-order valence-corrected chi connectivity index (χ0v) is 14.3. The van der Waals surface area contributed by atoms with Gasteiger partial charge in [0.15, 0.2) is 0 Å². The summed E-state index contributed by atoms with van der Waals surface area (Å²) in [6, 6.07) is 10.3. The lowest BCUT2D eigenvalue weighted by Crippen LogP contribution is -2.22. The van der Waals surface area contributed by atoms with E-state index in [1.165, 1.54) is 44.4 Å². The van der Waals surface area contributed by atoms with Crippen LogP contribution < -0.4 is 16.0 Å². The summed E-state index contributed by atoms with van der Waals surface area (Å²) in [5.41, 5.74) is 1.40. The molecule has 8 heteroatoms. The molecule has 0 heterocycles. The van der Waals surface area contributed by atoms with E-state index >= 15 is 0 Å². The molecule has 2 amide bonds. The van der Waals surface area contributed by atoms with Gasteiger partial charge in [0.25, 0.3) is 0 Å². The van der Waals surface area contributed by atoms with E-state index in [1.807, 2.05) is 0 Å². The number of benzene rings is 2. The van der Waals surface area contributed by atoms with Gasteiger partial charge in [0.1, 0.15) is 5.82 Å². The molecule has 26 heavy (non-hydrogen) atoms. The van der Waals surface area contributed by atoms with Crippen molar-refractivity contribution in [2.45, 2.75) is 6.92 Å². The molecule has 0 saturated heterocycles. The lowest BCUT2D eigenvalue weighted by Gasteiger charge is -2.10. The number of methoxy groups -OCH3 is 1. The molecule has 2 rings (SSSR count). The molecule has 0 radical (unpaired) electrons. The third-order valence-electron chi connectivity index (χ3n) is 3.32. The van der Waals surface area contributed by atoms with Crippen LogP contribution in [0.3, 0.4) is 0 Å². The van der Waals surface area contributed by atoms with Crippen molar-refractivity contribution in [3.63, 3.8) is 0 Å². The van der Waals surface area contributed by atoms with E-state index in [1.54, 1.807) is 12.1 Å². The van der Waals surface area contributed by atoms with E-state index < -0.39 is 17.7 Å². The lowest BCUT2D eigenvalue weighted by molar-refractivity contribution is -0.115. The van der Waals surface area contributed by atoms with E-state index in [-0.39, 0.29) is 18.1 Å². The number of esters is 1. The molecule has 3 N–H and O–H groups in total. The van der Waals surface area contributed by atoms with Crippen LogP contribution in [0.2, 0.25) is 0 Å². The molecular weight excluding hydrogens is 341 g/mol. The minimum absolute atomic E-state index is 0.0290. The first-order valence-electron chi connectivity index (χ1n) is 7.68. The fourth-order valence-electron chi connectivity index (χ4n) is 2.12. The monoisotopic (exact) mass is 359 g/mol. The molecule has 2 aromatic rings. The Morgan fingerprint density at radius 1 is 1.00 bits per heavy atom. The van der Waals surface area contributed by atoms with Gasteiger partial charge in [0.05, 0.1) is 24.9 Å². The number of hydrogen-bond acceptors (Lipinski definition) is 5. The minimum Gasteiger partial charge on any atom is -0.465 e. The highest BCUT2D eigenvalue weighted by Gasteiger charge is 2.08. The van der Waals surface area contributed by atoms with Crippen LogP contribution in [0.5, 0.6) is 0 Å². The highest BCUT2D eigenvalue weighted by Crippen LogP contribution is 2.19. The van der Waals surface area contributed by atoms with Crippen molar-refractivity contribution in [3.8, 4) is 0 Å². The summed E-state index contributed by atoms with van der Waals surface area (Å²) in [7, 11) is 1.29. The summed E-state index contributed by atoms with van der Waals surface area (Å²) >= 11 is 0. The molecule has 0 unspecified atom stereocenters. The van der Waals surface area contributed by atoms with Crippen LogP contribution in [-0.2, 0) is 14.3 Å². The van der Waals surface area contributed by atoms with Crippen LogP contribution in [0.25, 0.3) is 0 Å². The van der Waals surface area contributed by atoms with Crippen LogP contribution in [0.4, 0.5) is 21.5 Å². The molecule has 0 saturated carbocycles. The first kappa shape index (κ1) is 18.9. The van der Waals surface area contributed by atoms with Gasteiger partial charge in [-0.25, -0.2) is 9.18 Å². The number of rotatable bonds is 6. The molecular formula is C18H18FN3O4. The Morgan fingerprint density at radius 3 is 2.27 bits per heavy atom. The summed E-state index contributed by atoms with van der Waals surface area (Å²) in [5, 5.41) is 7.87. The third-order valence-corrected chi connectivity index (χ3v) is 3.32. The van der Waals surface area contributed by atoms with Crippen molar-refractivity contribution >= 4 is 34.8 Å². The van der Waals surface area contributed by atoms with Gasteiger partial charge < -0.3 is 20.7 Å². The summed E-state index contributed by atoms with van der Waals surface area (Å²) < 4.78 is 18.2. The molecule has 136 valence electrons. The van der Waals surface area contributed by atoms with Crippen LogP contribution in [0.15, 0.2) is 42.5 Å². The SMILES string of the molecule is COC(=O)c1ccc(NC(=O)CNc2ccc(F)c(NC(C)=O)c2)cc1. The number of hydrogen-bond donors (Lipinski definition) is 3. The molecule has 0 bridgehead atoms. The largest absolute Gasteiger partial charge is 0.465 e. The molecule has 0 aliphatic heterocycles. The van der Waals surface area contributed by atoms with Crippen molar-refractivity contribution in [1.82, 2.24) is 0 Å². The van der Waals surface area contributed by atoms with Gasteiger partial charge in [-0.05, 0) is 42.5 Å². The molecule has 0 aromatic heterocycles. The predicted octanol–water partition coefficient (Wildman–Crippen LogP) is 2.62. The van der Waals surface area contributed by atoms with Gasteiger partial charge >= 0.3 is 5.97 Å². The second-order valence-corrected chi connectivity index (χ2v) is 5.35. The van der Waals surface area contributed by atoms with E-state index in [0.29, 0.717) is 16.9 Å². The van der Waals surface area contributed by atoms with E-state index in [4.69, 9.17) is 0 Å². The number of carbonyl (C=O) groups excluding carboxylic acids is 3. The third kappa shape index (κ3) is 5.30. The van der Waals surface area contributed by atoms with Gasteiger partial charge in [-0.2, -0.15) is 0 Å². The number of anilines is 3. The number of nitrogens with one attached hydrogen (secondary N) is 3. The zero-order valence-electron chi connectivity index (χ0n) is 14.3. The molecule has 0 spiro atoms. The highest BCUT2D eigenvalue weighted by atomic mass is 19.1. The number of ether oxygens (including phenoxy) is 1. The summed E-state index contributed by atoms with van der Waals surface area (Å²) in [4.78, 5) is 34.4. The average molecular weight is 359 g/mol. The molecule has 0 fully saturated rings. The summed E-state index contributed by atoms with van der Waals surface area (Å²) in [6.45, 7) is 1.21. The maximum Gasteiger partial charge on any atom is 0.337 e. The number of carbonyl (C=O) groups is 3. The Morgan fingerprint density at radius 2 is 1.65 bits per heavy atom. The summed E-state index contributed by atoms with van der Waals surface area (Å²) in [5.74, 6) is -1.76. The van der Waals surface area contributed by atoms with Gasteiger partial charge in [-0.3, -0.25) is 9.59 Å². The smallest absolute Gasteiger partial charge is 0.337 e. The van der Waals surface area contributed by atoms with Gasteiger partial charge in [0.2, 0.25) is 11.8 Å². The molecule has 0 aliphatic rings. The fourth-order valence-corrected chi connectivity index (χ4v) is 2.12. The topological polar surface area (TPSA) is 96.5 Å². The summed E-state index contributed by atoms with van der Waals surface area (Å²) in [6.07, 6.45) is 0. The highest BCUT2D eigenvalue weighted by molar-refractivity contribution is 5.95. The Balaban J connectivity index is 1.92. The Kier molecular flexibility index (Phi) is 6.26. The maximum atomic E-state index is 13.6. The van der Waals surface area contributed by atoms with Crippen LogP contribution in [0.1, 0.15) is 17.3 Å². The van der Waals surface area contributed by atoms with Gasteiger partial charge in [-0.15, -0.1) is 0 Å². The maximum absolute atomic E-state index is 13.6. The fraction of sp³-hybridized carbons (Fsp3) is 0.167. The van der Waals surface area contributed by atoms with Gasteiger partial charge in [0, 0.05) is 18.3 Å². The van der Waals surface area contributed by atoms with Crippen molar-refractivity contribution in [2.75, 3.05) is 29.6 Å². The quantitative estimate of drug-likeness (QED) is 0.689. The standard InChI is InChI=1S/C18H18FN3O4/c1-11(23)21-16-9-14(7-8-15(16)19)20-10-17(24)22-13-5-3-12(4-6-13)18(25)26-2/h3-9,20H,10H2,1-2H3,(H,21,23)(H,22,24). The van der Waals surface area contributed by atoms with Crippen molar-refractivity contribution in [1.29, 1.82) is 0 Å². The normalized spacial score (nSPS) is 9.96. The van der Waals surface area contributed by atoms with E-state index in [9.17, 15) is 18.8 Å². The second kappa shape index (κ2) is 8.61. The lowest BCUT2D eigenvalue weighted by atomic mass is 10.2. The Bertz CT molecular complexity index is 822. The van der Waals surface area contributed by atoms with Crippen LogP contribution in [-0.4, -0.2) is 31.4 Å². The van der Waals surface area contributed by atoms with Crippen LogP contribution in [0, 0.1) is 5.82 Å². The number of amides is 2. The zero-order chi connectivity index (χ0) is 19.1. The molecule has 0 aliphatic carbocycles.